The zero-order valence-electron chi connectivity index (χ0n) is 11.5. The summed E-state index contributed by atoms with van der Waals surface area (Å²) in [5.74, 6) is 1.04. The molecular formula is C12H17N5O3. The molecule has 2 rings (SSSR count). The van der Waals surface area contributed by atoms with E-state index >= 15 is 0 Å². The molecule has 0 unspecified atom stereocenters. The molecule has 0 aliphatic carbocycles. The van der Waals surface area contributed by atoms with Gasteiger partial charge in [-0.25, -0.2) is 9.78 Å². The molecule has 0 radical (unpaired) electrons. The van der Waals surface area contributed by atoms with Gasteiger partial charge in [-0.15, -0.1) is 0 Å². The van der Waals surface area contributed by atoms with Crippen molar-refractivity contribution in [2.45, 2.75) is 33.2 Å². The molecule has 0 amide bonds. The Hall–Kier alpha value is -2.38. The van der Waals surface area contributed by atoms with E-state index in [9.17, 15) is 4.79 Å². The van der Waals surface area contributed by atoms with E-state index in [2.05, 4.69) is 15.1 Å². The number of hydrogen-bond acceptors (Lipinski definition) is 7. The SMILES string of the molecule is CCOC(=O)c1nc(CC)n(CCc2ncno2)c1N. The van der Waals surface area contributed by atoms with Crippen LogP contribution in [0.3, 0.4) is 0 Å². The number of imidazole rings is 1. The van der Waals surface area contributed by atoms with Crippen molar-refractivity contribution in [2.75, 3.05) is 12.3 Å². The van der Waals surface area contributed by atoms with Crippen molar-refractivity contribution in [3.63, 3.8) is 0 Å². The molecule has 0 aromatic carbocycles. The first-order valence-electron chi connectivity index (χ1n) is 6.44. The van der Waals surface area contributed by atoms with E-state index in [4.69, 9.17) is 15.0 Å². The first-order chi connectivity index (χ1) is 9.67. The summed E-state index contributed by atoms with van der Waals surface area (Å²) < 4.78 is 11.6. The Bertz CT molecular complexity index is 576. The predicted molar refractivity (Wildman–Crippen MR) is 70.0 cm³/mol. The molecular weight excluding hydrogens is 262 g/mol. The molecule has 0 saturated heterocycles. The molecule has 0 bridgehead atoms. The summed E-state index contributed by atoms with van der Waals surface area (Å²) in [6.45, 7) is 4.49. The number of rotatable bonds is 6. The van der Waals surface area contributed by atoms with E-state index in [0.717, 1.165) is 5.82 Å². The summed E-state index contributed by atoms with van der Waals surface area (Å²) in [4.78, 5) is 19.9. The van der Waals surface area contributed by atoms with Crippen molar-refractivity contribution in [3.05, 3.63) is 23.7 Å². The van der Waals surface area contributed by atoms with Crippen LogP contribution in [0.25, 0.3) is 0 Å². The van der Waals surface area contributed by atoms with Gasteiger partial charge in [0.05, 0.1) is 6.61 Å². The van der Waals surface area contributed by atoms with Crippen molar-refractivity contribution in [1.82, 2.24) is 19.7 Å². The fourth-order valence-electron chi connectivity index (χ4n) is 1.90. The second-order valence-corrected chi connectivity index (χ2v) is 4.07. The highest BCUT2D eigenvalue weighted by atomic mass is 16.5. The largest absolute Gasteiger partial charge is 0.461 e. The third-order valence-corrected chi connectivity index (χ3v) is 2.83. The lowest BCUT2D eigenvalue weighted by Crippen LogP contribution is -2.11. The van der Waals surface area contributed by atoms with Gasteiger partial charge < -0.3 is 19.6 Å². The normalized spacial score (nSPS) is 10.7. The topological polar surface area (TPSA) is 109 Å². The highest BCUT2D eigenvalue weighted by Gasteiger charge is 2.20. The van der Waals surface area contributed by atoms with Crippen LogP contribution in [0.4, 0.5) is 5.82 Å². The molecule has 0 atom stereocenters. The second kappa shape index (κ2) is 6.18. The van der Waals surface area contributed by atoms with Crippen LogP contribution >= 0.6 is 0 Å². The maximum Gasteiger partial charge on any atom is 0.360 e. The highest BCUT2D eigenvalue weighted by Crippen LogP contribution is 2.17. The highest BCUT2D eigenvalue weighted by molar-refractivity contribution is 5.92. The average molecular weight is 279 g/mol. The van der Waals surface area contributed by atoms with E-state index in [-0.39, 0.29) is 12.3 Å². The van der Waals surface area contributed by atoms with E-state index in [1.807, 2.05) is 6.92 Å². The smallest absolute Gasteiger partial charge is 0.360 e. The number of aryl methyl sites for hydroxylation is 2. The van der Waals surface area contributed by atoms with Crippen LogP contribution in [0.1, 0.15) is 36.1 Å². The summed E-state index contributed by atoms with van der Waals surface area (Å²) in [7, 11) is 0. The van der Waals surface area contributed by atoms with Gasteiger partial charge in [-0.2, -0.15) is 4.98 Å². The fraction of sp³-hybridized carbons (Fsp3) is 0.500. The predicted octanol–water partition coefficient (Wildman–Crippen LogP) is 0.830. The van der Waals surface area contributed by atoms with Gasteiger partial charge in [0.2, 0.25) is 5.89 Å². The Morgan fingerprint density at radius 1 is 1.50 bits per heavy atom. The Labute approximate surface area is 115 Å². The zero-order valence-corrected chi connectivity index (χ0v) is 11.5. The minimum atomic E-state index is -0.503. The van der Waals surface area contributed by atoms with Crippen LogP contribution in [0.5, 0.6) is 0 Å². The van der Waals surface area contributed by atoms with E-state index in [0.29, 0.717) is 31.1 Å². The molecule has 0 fully saturated rings. The summed E-state index contributed by atoms with van der Waals surface area (Å²) in [6.07, 6.45) is 2.53. The number of hydrogen-bond donors (Lipinski definition) is 1. The van der Waals surface area contributed by atoms with Crippen LogP contribution in [-0.2, 0) is 24.1 Å². The molecule has 2 heterocycles. The minimum Gasteiger partial charge on any atom is -0.461 e. The number of aromatic nitrogens is 4. The number of esters is 1. The van der Waals surface area contributed by atoms with E-state index in [1.165, 1.54) is 6.33 Å². The maximum absolute atomic E-state index is 11.8. The number of nitrogens with zero attached hydrogens (tertiary/aromatic N) is 4. The molecule has 20 heavy (non-hydrogen) atoms. The molecule has 2 N–H and O–H groups in total. The lowest BCUT2D eigenvalue weighted by molar-refractivity contribution is 0.0521. The zero-order chi connectivity index (χ0) is 14.5. The van der Waals surface area contributed by atoms with Crippen LogP contribution in [0, 0.1) is 0 Å². The molecule has 0 aliphatic rings. The lowest BCUT2D eigenvalue weighted by Gasteiger charge is -2.06. The fourth-order valence-corrected chi connectivity index (χ4v) is 1.90. The van der Waals surface area contributed by atoms with Gasteiger partial charge in [-0.3, -0.25) is 0 Å². The van der Waals surface area contributed by atoms with Gasteiger partial charge in [0.1, 0.15) is 11.6 Å². The van der Waals surface area contributed by atoms with Crippen LogP contribution in [-0.4, -0.2) is 32.3 Å². The van der Waals surface area contributed by atoms with Gasteiger partial charge in [-0.05, 0) is 6.92 Å². The Balaban J connectivity index is 2.20. The number of anilines is 1. The average Bonchev–Trinajstić information content (AvgIpc) is 3.04. The number of carbonyl (C=O) groups excluding carboxylic acids is 1. The van der Waals surface area contributed by atoms with Gasteiger partial charge in [0.15, 0.2) is 12.0 Å². The van der Waals surface area contributed by atoms with Crippen LogP contribution in [0.15, 0.2) is 10.9 Å². The number of nitrogen functional groups attached to an aromatic ring is 1. The first kappa shape index (κ1) is 14.0. The summed E-state index contributed by atoms with van der Waals surface area (Å²) in [5, 5.41) is 3.54. The summed E-state index contributed by atoms with van der Waals surface area (Å²) in [6, 6.07) is 0. The lowest BCUT2D eigenvalue weighted by atomic mass is 10.3. The molecule has 8 nitrogen and oxygen atoms in total. The van der Waals surface area contributed by atoms with E-state index in [1.54, 1.807) is 11.5 Å². The number of ether oxygens (including phenoxy) is 1. The third-order valence-electron chi connectivity index (χ3n) is 2.83. The van der Waals surface area contributed by atoms with Crippen LogP contribution in [0.2, 0.25) is 0 Å². The standard InChI is InChI=1S/C12H17N5O3/c1-3-8-16-10(12(18)19-4-2)11(13)17(8)6-5-9-14-7-15-20-9/h7H,3-6,13H2,1-2H3. The second-order valence-electron chi connectivity index (χ2n) is 4.07. The molecule has 8 heteroatoms. The molecule has 108 valence electrons. The van der Waals surface area contributed by atoms with Crippen molar-refractivity contribution >= 4 is 11.8 Å². The molecule has 2 aromatic rings. The Morgan fingerprint density at radius 2 is 2.30 bits per heavy atom. The van der Waals surface area contributed by atoms with Crippen molar-refractivity contribution in [1.29, 1.82) is 0 Å². The quantitative estimate of drug-likeness (QED) is 0.780. The molecule has 0 aliphatic heterocycles. The minimum absolute atomic E-state index is 0.161. The van der Waals surface area contributed by atoms with Crippen molar-refractivity contribution < 1.29 is 14.1 Å². The van der Waals surface area contributed by atoms with Gasteiger partial charge >= 0.3 is 5.97 Å². The van der Waals surface area contributed by atoms with Gasteiger partial charge in [-0.1, -0.05) is 12.1 Å². The Morgan fingerprint density at radius 3 is 2.90 bits per heavy atom. The van der Waals surface area contributed by atoms with Crippen molar-refractivity contribution in [2.24, 2.45) is 0 Å². The third kappa shape index (κ3) is 2.79. The molecule has 2 aromatic heterocycles. The Kier molecular flexibility index (Phi) is 4.34. The summed E-state index contributed by atoms with van der Waals surface area (Å²) in [5.41, 5.74) is 6.14. The molecule has 0 spiro atoms. The molecule has 0 saturated carbocycles. The van der Waals surface area contributed by atoms with Gasteiger partial charge in [0.25, 0.3) is 0 Å². The number of carbonyl (C=O) groups is 1. The maximum atomic E-state index is 11.8. The summed E-state index contributed by atoms with van der Waals surface area (Å²) >= 11 is 0. The van der Waals surface area contributed by atoms with E-state index < -0.39 is 5.97 Å². The monoisotopic (exact) mass is 279 g/mol. The van der Waals surface area contributed by atoms with Crippen molar-refractivity contribution in [3.8, 4) is 0 Å². The first-order valence-corrected chi connectivity index (χ1v) is 6.44. The van der Waals surface area contributed by atoms with Gasteiger partial charge in [0, 0.05) is 19.4 Å². The van der Waals surface area contributed by atoms with Crippen LogP contribution < -0.4 is 5.73 Å². The number of nitrogens with two attached hydrogens (primary N) is 1.